The first kappa shape index (κ1) is 17.8. The molecule has 2 amide bonds. The van der Waals surface area contributed by atoms with Crippen molar-refractivity contribution >= 4 is 17.4 Å². The molecular formula is C22H26FN3O. The Bertz CT molecular complexity index is 802. The zero-order valence-corrected chi connectivity index (χ0v) is 15.5. The van der Waals surface area contributed by atoms with Gasteiger partial charge in [0.15, 0.2) is 0 Å². The fourth-order valence-electron chi connectivity index (χ4n) is 4.13. The Kier molecular flexibility index (Phi) is 5.28. The van der Waals surface area contributed by atoms with Gasteiger partial charge in [-0.1, -0.05) is 30.3 Å². The van der Waals surface area contributed by atoms with Gasteiger partial charge in [0.2, 0.25) is 0 Å². The van der Waals surface area contributed by atoms with E-state index in [1.807, 2.05) is 35.2 Å². The lowest BCUT2D eigenvalue weighted by Crippen LogP contribution is -2.49. The highest BCUT2D eigenvalue weighted by molar-refractivity contribution is 5.93. The summed E-state index contributed by atoms with van der Waals surface area (Å²) in [5.41, 5.74) is 2.94. The van der Waals surface area contributed by atoms with E-state index in [0.717, 1.165) is 57.4 Å². The molecule has 1 N–H and O–H groups in total. The third kappa shape index (κ3) is 3.92. The van der Waals surface area contributed by atoms with Crippen LogP contribution in [0.4, 0.5) is 20.6 Å². The molecule has 0 radical (unpaired) electrons. The highest BCUT2D eigenvalue weighted by Crippen LogP contribution is 2.27. The number of nitrogens with one attached hydrogen (secondary N) is 1. The summed E-state index contributed by atoms with van der Waals surface area (Å²) in [5, 5.41) is 3.21. The van der Waals surface area contributed by atoms with Crippen LogP contribution in [-0.2, 0) is 6.42 Å². The van der Waals surface area contributed by atoms with Gasteiger partial charge in [0.05, 0.1) is 5.69 Å². The lowest BCUT2D eigenvalue weighted by Gasteiger charge is -2.35. The van der Waals surface area contributed by atoms with Gasteiger partial charge in [-0.25, -0.2) is 9.18 Å². The number of hydrogen-bond acceptors (Lipinski definition) is 2. The van der Waals surface area contributed by atoms with Crippen molar-refractivity contribution in [3.05, 3.63) is 59.9 Å². The molecule has 2 heterocycles. The summed E-state index contributed by atoms with van der Waals surface area (Å²) in [6.45, 7) is 2.27. The summed E-state index contributed by atoms with van der Waals surface area (Å²) in [6.07, 6.45) is 4.82. The number of urea groups is 1. The van der Waals surface area contributed by atoms with Gasteiger partial charge in [-0.15, -0.1) is 0 Å². The Labute approximate surface area is 160 Å². The summed E-state index contributed by atoms with van der Waals surface area (Å²) in [5.74, 6) is -0.179. The normalized spacial score (nSPS) is 18.0. The van der Waals surface area contributed by atoms with Gasteiger partial charge in [0.1, 0.15) is 5.82 Å². The molecule has 1 fully saturated rings. The molecule has 0 aliphatic carbocycles. The molecule has 0 bridgehead atoms. The van der Waals surface area contributed by atoms with Crippen LogP contribution in [0.5, 0.6) is 0 Å². The van der Waals surface area contributed by atoms with Crippen molar-refractivity contribution in [1.29, 1.82) is 0 Å². The van der Waals surface area contributed by atoms with Crippen LogP contribution in [0.3, 0.4) is 0 Å². The third-order valence-corrected chi connectivity index (χ3v) is 5.62. The van der Waals surface area contributed by atoms with Gasteiger partial charge in [-0.2, -0.15) is 0 Å². The lowest BCUT2D eigenvalue weighted by atomic mass is 10.0. The maximum absolute atomic E-state index is 14.0. The maximum atomic E-state index is 14.0. The Morgan fingerprint density at radius 2 is 1.63 bits per heavy atom. The lowest BCUT2D eigenvalue weighted by molar-refractivity contribution is 0.240. The largest absolute Gasteiger partial charge is 0.369 e. The fraction of sp³-hybridized carbons (Fsp3) is 0.409. The van der Waals surface area contributed by atoms with Crippen molar-refractivity contribution in [2.45, 2.75) is 38.1 Å². The van der Waals surface area contributed by atoms with Crippen LogP contribution in [0.15, 0.2) is 48.5 Å². The van der Waals surface area contributed by atoms with E-state index in [2.05, 4.69) is 16.3 Å². The predicted molar refractivity (Wildman–Crippen MR) is 107 cm³/mol. The number of carbonyl (C=O) groups is 1. The fourth-order valence-corrected chi connectivity index (χ4v) is 4.13. The van der Waals surface area contributed by atoms with E-state index in [1.165, 1.54) is 11.6 Å². The molecule has 4 rings (SSSR count). The van der Waals surface area contributed by atoms with Gasteiger partial charge in [0.25, 0.3) is 0 Å². The molecule has 2 aromatic carbocycles. The van der Waals surface area contributed by atoms with Gasteiger partial charge in [0, 0.05) is 31.4 Å². The molecule has 0 atom stereocenters. The van der Waals surface area contributed by atoms with Crippen LogP contribution in [0.25, 0.3) is 0 Å². The molecule has 2 aliphatic heterocycles. The number of piperidine rings is 1. The second-order valence-corrected chi connectivity index (χ2v) is 7.40. The molecule has 2 aromatic rings. The quantitative estimate of drug-likeness (QED) is 0.857. The monoisotopic (exact) mass is 367 g/mol. The molecule has 2 aliphatic rings. The van der Waals surface area contributed by atoms with Crippen molar-refractivity contribution in [2.75, 3.05) is 29.4 Å². The van der Waals surface area contributed by atoms with E-state index in [9.17, 15) is 9.18 Å². The van der Waals surface area contributed by atoms with Gasteiger partial charge in [-0.05, 0) is 55.9 Å². The molecule has 0 unspecified atom stereocenters. The zero-order chi connectivity index (χ0) is 18.6. The van der Waals surface area contributed by atoms with E-state index < -0.39 is 0 Å². The number of para-hydroxylation sites is 2. The SMILES string of the molecule is O=C(NC1CCN(c2ccccc2F)CC1)N1CCCCc2ccccc21. The zero-order valence-electron chi connectivity index (χ0n) is 15.5. The van der Waals surface area contributed by atoms with Gasteiger partial charge in [-0.3, -0.25) is 4.90 Å². The van der Waals surface area contributed by atoms with E-state index in [0.29, 0.717) is 5.69 Å². The second-order valence-electron chi connectivity index (χ2n) is 7.40. The Morgan fingerprint density at radius 3 is 2.41 bits per heavy atom. The van der Waals surface area contributed by atoms with Crippen LogP contribution < -0.4 is 15.1 Å². The molecule has 4 nitrogen and oxygen atoms in total. The predicted octanol–water partition coefficient (Wildman–Crippen LogP) is 4.35. The number of halogens is 1. The first-order chi connectivity index (χ1) is 13.2. The summed E-state index contributed by atoms with van der Waals surface area (Å²) in [6, 6.07) is 15.2. The smallest absolute Gasteiger partial charge is 0.322 e. The van der Waals surface area contributed by atoms with Gasteiger partial charge < -0.3 is 10.2 Å². The Morgan fingerprint density at radius 1 is 0.926 bits per heavy atom. The molecule has 0 saturated carbocycles. The van der Waals surface area contributed by atoms with E-state index in [4.69, 9.17) is 0 Å². The third-order valence-electron chi connectivity index (χ3n) is 5.62. The first-order valence-corrected chi connectivity index (χ1v) is 9.88. The minimum Gasteiger partial charge on any atom is -0.369 e. The first-order valence-electron chi connectivity index (χ1n) is 9.88. The van der Waals surface area contributed by atoms with Crippen LogP contribution in [0.2, 0.25) is 0 Å². The van der Waals surface area contributed by atoms with Crippen LogP contribution in [0.1, 0.15) is 31.2 Å². The Hall–Kier alpha value is -2.56. The number of amides is 2. The highest BCUT2D eigenvalue weighted by Gasteiger charge is 2.26. The summed E-state index contributed by atoms with van der Waals surface area (Å²) in [4.78, 5) is 16.9. The number of fused-ring (bicyclic) bond motifs is 1. The van der Waals surface area contributed by atoms with Crippen LogP contribution in [0, 0.1) is 5.82 Å². The second kappa shape index (κ2) is 7.99. The average Bonchev–Trinajstić information content (AvgIpc) is 2.92. The number of rotatable bonds is 2. The van der Waals surface area contributed by atoms with E-state index in [-0.39, 0.29) is 17.9 Å². The summed E-state index contributed by atoms with van der Waals surface area (Å²) in [7, 11) is 0. The van der Waals surface area contributed by atoms with Crippen molar-refractivity contribution in [3.63, 3.8) is 0 Å². The van der Waals surface area contributed by atoms with E-state index in [1.54, 1.807) is 6.07 Å². The van der Waals surface area contributed by atoms with Crippen LogP contribution >= 0.6 is 0 Å². The highest BCUT2D eigenvalue weighted by atomic mass is 19.1. The summed E-state index contributed by atoms with van der Waals surface area (Å²) < 4.78 is 14.0. The standard InChI is InChI=1S/C22H26FN3O/c23-19-9-2-4-11-21(19)25-15-12-18(13-16-25)24-22(27)26-14-6-5-8-17-7-1-3-10-20(17)26/h1-4,7,9-11,18H,5-6,8,12-16H2,(H,24,27). The number of benzene rings is 2. The van der Waals surface area contributed by atoms with Gasteiger partial charge >= 0.3 is 6.03 Å². The van der Waals surface area contributed by atoms with Crippen molar-refractivity contribution in [3.8, 4) is 0 Å². The number of carbonyl (C=O) groups excluding carboxylic acids is 1. The molecular weight excluding hydrogens is 341 g/mol. The number of aryl methyl sites for hydroxylation is 1. The van der Waals surface area contributed by atoms with Crippen molar-refractivity contribution < 1.29 is 9.18 Å². The molecule has 0 spiro atoms. The average molecular weight is 367 g/mol. The Balaban J connectivity index is 1.38. The van der Waals surface area contributed by atoms with Crippen molar-refractivity contribution in [2.24, 2.45) is 0 Å². The topological polar surface area (TPSA) is 35.6 Å². The molecule has 0 aromatic heterocycles. The van der Waals surface area contributed by atoms with Crippen LogP contribution in [-0.4, -0.2) is 31.7 Å². The van der Waals surface area contributed by atoms with E-state index >= 15 is 0 Å². The number of nitrogens with zero attached hydrogens (tertiary/aromatic N) is 2. The molecule has 142 valence electrons. The number of hydrogen-bond donors (Lipinski definition) is 1. The minimum absolute atomic E-state index is 0.00584. The summed E-state index contributed by atoms with van der Waals surface area (Å²) >= 11 is 0. The molecule has 1 saturated heterocycles. The molecule has 5 heteroatoms. The maximum Gasteiger partial charge on any atom is 0.322 e. The number of anilines is 2. The molecule has 27 heavy (non-hydrogen) atoms. The minimum atomic E-state index is -0.179. The van der Waals surface area contributed by atoms with Crippen molar-refractivity contribution in [1.82, 2.24) is 5.32 Å².